The highest BCUT2D eigenvalue weighted by atomic mass is 32.1. The first kappa shape index (κ1) is 24.2. The van der Waals surface area contributed by atoms with Gasteiger partial charge in [-0.3, -0.25) is 0 Å². The van der Waals surface area contributed by atoms with E-state index in [0.717, 1.165) is 11.1 Å². The molecule has 0 radical (unpaired) electrons. The summed E-state index contributed by atoms with van der Waals surface area (Å²) in [5.74, 6) is -0.449. The molecule has 0 fully saturated rings. The Kier molecular flexibility index (Phi) is 8.39. The number of hydrogen-bond acceptors (Lipinski definition) is 5. The van der Waals surface area contributed by atoms with Gasteiger partial charge in [0.05, 0.1) is 18.2 Å². The van der Waals surface area contributed by atoms with Gasteiger partial charge in [0.1, 0.15) is 6.61 Å². The number of nitrogens with one attached hydrogen (secondary N) is 3. The number of esters is 1. The van der Waals surface area contributed by atoms with Gasteiger partial charge >= 0.3 is 12.0 Å². The van der Waals surface area contributed by atoms with Gasteiger partial charge in [0.25, 0.3) is 0 Å². The lowest BCUT2D eigenvalue weighted by Gasteiger charge is -2.35. The number of rotatable bonds is 8. The average Bonchev–Trinajstić information content (AvgIpc) is 2.82. The first-order chi connectivity index (χ1) is 15.9. The quantitative estimate of drug-likeness (QED) is 0.311. The highest BCUT2D eigenvalue weighted by Crippen LogP contribution is 2.31. The van der Waals surface area contributed by atoms with Crippen molar-refractivity contribution in [3.8, 4) is 0 Å². The number of urea groups is 1. The lowest BCUT2D eigenvalue weighted by Crippen LogP contribution is -2.46. The van der Waals surface area contributed by atoms with Crippen molar-refractivity contribution in [2.75, 3.05) is 32.7 Å². The van der Waals surface area contributed by atoms with Crippen LogP contribution in [0.15, 0.2) is 65.9 Å². The van der Waals surface area contributed by atoms with E-state index < -0.39 is 12.0 Å². The van der Waals surface area contributed by atoms with Gasteiger partial charge in [0, 0.05) is 32.1 Å². The molecule has 1 aliphatic heterocycles. The molecule has 0 spiro atoms. The first-order valence-electron chi connectivity index (χ1n) is 10.5. The minimum atomic E-state index is -0.516. The Bertz CT molecular complexity index is 1040. The van der Waals surface area contributed by atoms with Gasteiger partial charge in [-0.1, -0.05) is 42.5 Å². The zero-order valence-corrected chi connectivity index (χ0v) is 19.7. The number of amides is 2. The molecule has 1 atom stereocenters. The molecule has 2 aromatic carbocycles. The number of anilines is 1. The van der Waals surface area contributed by atoms with Crippen LogP contribution in [0.1, 0.15) is 24.1 Å². The van der Waals surface area contributed by atoms with E-state index in [-0.39, 0.29) is 12.6 Å². The molecule has 33 heavy (non-hydrogen) atoms. The fraction of sp³-hybridized carbons (Fsp3) is 0.292. The molecule has 3 rings (SSSR count). The molecule has 3 N–H and O–H groups in total. The molecule has 0 aromatic heterocycles. The summed E-state index contributed by atoms with van der Waals surface area (Å²) < 4.78 is 10.4. The number of carbonyl (C=O) groups is 2. The number of methoxy groups -OCH3 is 1. The van der Waals surface area contributed by atoms with Crippen LogP contribution in [0.3, 0.4) is 0 Å². The largest absolute Gasteiger partial charge is 0.460 e. The standard InChI is InChI=1S/C24H28N4O4S/c1-16-20(22(29)32-13-12-31-3)21(27-24(33)28(16)2)18-10-7-11-19(14-18)26-23(30)25-15-17-8-5-4-6-9-17/h4-11,14,21H,12-13,15H2,1-3H3,(H,27,33)(H2,25,26,30)/t21-/m1/s1. The number of benzene rings is 2. The topological polar surface area (TPSA) is 91.9 Å². The number of nitrogens with zero attached hydrogens (tertiary/aromatic N) is 1. The monoisotopic (exact) mass is 468 g/mol. The summed E-state index contributed by atoms with van der Waals surface area (Å²) in [4.78, 5) is 27.0. The van der Waals surface area contributed by atoms with Crippen molar-refractivity contribution >= 4 is 35.0 Å². The Balaban J connectivity index is 1.76. The second kappa shape index (κ2) is 11.4. The predicted octanol–water partition coefficient (Wildman–Crippen LogP) is 3.33. The van der Waals surface area contributed by atoms with Crippen LogP contribution in [0.4, 0.5) is 10.5 Å². The lowest BCUT2D eigenvalue weighted by molar-refractivity contribution is -0.140. The van der Waals surface area contributed by atoms with Crippen molar-refractivity contribution in [2.24, 2.45) is 0 Å². The molecule has 8 nitrogen and oxygen atoms in total. The molecule has 0 unspecified atom stereocenters. The number of thiocarbonyl (C=S) groups is 1. The smallest absolute Gasteiger partial charge is 0.338 e. The van der Waals surface area contributed by atoms with Crippen LogP contribution < -0.4 is 16.0 Å². The van der Waals surface area contributed by atoms with Crippen molar-refractivity contribution < 1.29 is 19.1 Å². The van der Waals surface area contributed by atoms with Gasteiger partial charge < -0.3 is 30.3 Å². The van der Waals surface area contributed by atoms with Crippen molar-refractivity contribution in [1.82, 2.24) is 15.5 Å². The number of hydrogen-bond donors (Lipinski definition) is 3. The minimum Gasteiger partial charge on any atom is -0.460 e. The van der Waals surface area contributed by atoms with Crippen LogP contribution >= 0.6 is 12.2 Å². The van der Waals surface area contributed by atoms with Crippen molar-refractivity contribution in [1.29, 1.82) is 0 Å². The Morgan fingerprint density at radius 1 is 1.12 bits per heavy atom. The highest BCUT2D eigenvalue weighted by Gasteiger charge is 2.33. The Hall–Kier alpha value is -3.43. The predicted molar refractivity (Wildman–Crippen MR) is 131 cm³/mol. The molecule has 0 saturated carbocycles. The van der Waals surface area contributed by atoms with E-state index in [4.69, 9.17) is 21.7 Å². The van der Waals surface area contributed by atoms with Crippen molar-refractivity contribution in [3.63, 3.8) is 0 Å². The normalized spacial score (nSPS) is 15.7. The van der Waals surface area contributed by atoms with E-state index in [0.29, 0.717) is 35.2 Å². The number of allylic oxidation sites excluding steroid dienone is 1. The molecule has 0 aliphatic carbocycles. The molecule has 2 aromatic rings. The van der Waals surface area contributed by atoms with Crippen LogP contribution in [-0.2, 0) is 20.8 Å². The fourth-order valence-corrected chi connectivity index (χ4v) is 3.65. The van der Waals surface area contributed by atoms with Crippen molar-refractivity contribution in [3.05, 3.63) is 77.0 Å². The van der Waals surface area contributed by atoms with Crippen LogP contribution in [0.25, 0.3) is 0 Å². The molecule has 9 heteroatoms. The third kappa shape index (κ3) is 6.30. The SMILES string of the molecule is COCCOC(=O)C1=C(C)N(C)C(=S)N[C@@H]1c1cccc(NC(=O)NCc2ccccc2)c1. The maximum Gasteiger partial charge on any atom is 0.338 e. The van der Waals surface area contributed by atoms with Crippen LogP contribution in [0.2, 0.25) is 0 Å². The molecular formula is C24H28N4O4S. The van der Waals surface area contributed by atoms with E-state index in [1.807, 2.05) is 55.5 Å². The Labute approximate surface area is 198 Å². The van der Waals surface area contributed by atoms with Gasteiger partial charge in [0.15, 0.2) is 5.11 Å². The number of carbonyl (C=O) groups excluding carboxylic acids is 2. The summed E-state index contributed by atoms with van der Waals surface area (Å²) >= 11 is 5.44. The Morgan fingerprint density at radius 3 is 2.61 bits per heavy atom. The van der Waals surface area contributed by atoms with Crippen LogP contribution in [-0.4, -0.2) is 49.4 Å². The van der Waals surface area contributed by atoms with E-state index in [1.165, 1.54) is 0 Å². The van der Waals surface area contributed by atoms with Crippen molar-refractivity contribution in [2.45, 2.75) is 19.5 Å². The molecule has 1 heterocycles. The van der Waals surface area contributed by atoms with E-state index in [9.17, 15) is 9.59 Å². The zero-order valence-electron chi connectivity index (χ0n) is 18.9. The second-order valence-corrected chi connectivity index (χ2v) is 7.87. The summed E-state index contributed by atoms with van der Waals surface area (Å²) in [6, 6.07) is 16.1. The lowest BCUT2D eigenvalue weighted by atomic mass is 9.95. The molecule has 2 amide bonds. The first-order valence-corrected chi connectivity index (χ1v) is 10.9. The maximum absolute atomic E-state index is 12.9. The molecule has 0 saturated heterocycles. The van der Waals surface area contributed by atoms with Crippen LogP contribution in [0.5, 0.6) is 0 Å². The zero-order chi connectivity index (χ0) is 23.8. The molecular weight excluding hydrogens is 440 g/mol. The third-order valence-electron chi connectivity index (χ3n) is 5.27. The third-order valence-corrected chi connectivity index (χ3v) is 5.66. The Morgan fingerprint density at radius 2 is 1.88 bits per heavy atom. The van der Waals surface area contributed by atoms with Gasteiger partial charge in [-0.2, -0.15) is 0 Å². The van der Waals surface area contributed by atoms with Gasteiger partial charge in [0.2, 0.25) is 0 Å². The van der Waals surface area contributed by atoms with Gasteiger partial charge in [-0.25, -0.2) is 9.59 Å². The summed E-state index contributed by atoms with van der Waals surface area (Å²) in [6.45, 7) is 2.70. The second-order valence-electron chi connectivity index (χ2n) is 7.49. The summed E-state index contributed by atoms with van der Waals surface area (Å²) in [5.41, 5.74) is 3.51. The molecule has 0 bridgehead atoms. The summed E-state index contributed by atoms with van der Waals surface area (Å²) in [7, 11) is 3.34. The maximum atomic E-state index is 12.9. The van der Waals surface area contributed by atoms with E-state index in [1.54, 1.807) is 25.1 Å². The van der Waals surface area contributed by atoms with E-state index in [2.05, 4.69) is 16.0 Å². The minimum absolute atomic E-state index is 0.149. The number of ether oxygens (including phenoxy) is 2. The average molecular weight is 469 g/mol. The van der Waals surface area contributed by atoms with E-state index >= 15 is 0 Å². The van der Waals surface area contributed by atoms with Gasteiger partial charge in [-0.05, 0) is 42.4 Å². The van der Waals surface area contributed by atoms with Gasteiger partial charge in [-0.15, -0.1) is 0 Å². The molecule has 1 aliphatic rings. The summed E-state index contributed by atoms with van der Waals surface area (Å²) in [5, 5.41) is 9.36. The molecule has 174 valence electrons. The summed E-state index contributed by atoms with van der Waals surface area (Å²) in [6.07, 6.45) is 0. The van der Waals surface area contributed by atoms with Crippen LogP contribution in [0, 0.1) is 0 Å². The fourth-order valence-electron chi connectivity index (χ4n) is 3.39. The highest BCUT2D eigenvalue weighted by molar-refractivity contribution is 7.80.